The summed E-state index contributed by atoms with van der Waals surface area (Å²) in [6.45, 7) is 1.17. The van der Waals surface area contributed by atoms with Crippen LogP contribution in [-0.4, -0.2) is 56.1 Å². The molecular formula is C21H24N4O5. The lowest BCUT2D eigenvalue weighted by molar-refractivity contribution is -0.117. The van der Waals surface area contributed by atoms with Gasteiger partial charge in [0.2, 0.25) is 17.7 Å². The molecule has 9 nitrogen and oxygen atoms in total. The predicted molar refractivity (Wildman–Crippen MR) is 111 cm³/mol. The highest BCUT2D eigenvalue weighted by Gasteiger charge is 2.21. The SMILES string of the molecule is COCCOc1ncccc1NC(=O)CNC(=O)c1ccc(N2CCCC2=O)cc1. The predicted octanol–water partition coefficient (Wildman–Crippen LogP) is 1.60. The van der Waals surface area contributed by atoms with Crippen LogP contribution in [0.4, 0.5) is 11.4 Å². The minimum Gasteiger partial charge on any atom is -0.474 e. The summed E-state index contributed by atoms with van der Waals surface area (Å²) in [6, 6.07) is 10.1. The van der Waals surface area contributed by atoms with Crippen LogP contribution in [0.1, 0.15) is 23.2 Å². The number of methoxy groups -OCH3 is 1. The van der Waals surface area contributed by atoms with Crippen molar-refractivity contribution in [2.75, 3.05) is 43.6 Å². The van der Waals surface area contributed by atoms with Gasteiger partial charge in [0.1, 0.15) is 12.3 Å². The number of amides is 3. The molecule has 2 heterocycles. The van der Waals surface area contributed by atoms with Gasteiger partial charge in [0, 0.05) is 37.5 Å². The number of anilines is 2. The molecule has 1 fully saturated rings. The number of benzene rings is 1. The maximum Gasteiger partial charge on any atom is 0.251 e. The smallest absolute Gasteiger partial charge is 0.251 e. The van der Waals surface area contributed by atoms with Crippen LogP contribution >= 0.6 is 0 Å². The lowest BCUT2D eigenvalue weighted by Crippen LogP contribution is -2.33. The fourth-order valence-electron chi connectivity index (χ4n) is 2.99. The van der Waals surface area contributed by atoms with Gasteiger partial charge in [-0.1, -0.05) is 0 Å². The zero-order valence-corrected chi connectivity index (χ0v) is 16.7. The molecule has 1 aliphatic rings. The van der Waals surface area contributed by atoms with Crippen molar-refractivity contribution in [3.8, 4) is 5.88 Å². The lowest BCUT2D eigenvalue weighted by atomic mass is 10.2. The Balaban J connectivity index is 1.51. The lowest BCUT2D eigenvalue weighted by Gasteiger charge is -2.15. The zero-order chi connectivity index (χ0) is 21.3. The summed E-state index contributed by atoms with van der Waals surface area (Å²) in [6.07, 6.45) is 2.94. The average molecular weight is 412 g/mol. The van der Waals surface area contributed by atoms with Gasteiger partial charge < -0.3 is 25.0 Å². The summed E-state index contributed by atoms with van der Waals surface area (Å²) in [4.78, 5) is 42.1. The Morgan fingerprint density at radius 2 is 1.97 bits per heavy atom. The summed E-state index contributed by atoms with van der Waals surface area (Å²) in [5.41, 5.74) is 1.58. The Morgan fingerprint density at radius 1 is 1.17 bits per heavy atom. The van der Waals surface area contributed by atoms with Crippen LogP contribution in [0.15, 0.2) is 42.6 Å². The van der Waals surface area contributed by atoms with Crippen LogP contribution < -0.4 is 20.3 Å². The summed E-state index contributed by atoms with van der Waals surface area (Å²) in [5.74, 6) is -0.425. The van der Waals surface area contributed by atoms with Gasteiger partial charge in [-0.15, -0.1) is 0 Å². The van der Waals surface area contributed by atoms with Crippen LogP contribution in [0.3, 0.4) is 0 Å². The zero-order valence-electron chi connectivity index (χ0n) is 16.7. The van der Waals surface area contributed by atoms with Gasteiger partial charge in [-0.2, -0.15) is 0 Å². The molecule has 0 aliphatic carbocycles. The first-order chi connectivity index (χ1) is 14.6. The Labute approximate surface area is 174 Å². The van der Waals surface area contributed by atoms with Crippen LogP contribution in [0.25, 0.3) is 0 Å². The third-order valence-electron chi connectivity index (χ3n) is 4.50. The molecule has 0 spiro atoms. The minimum absolute atomic E-state index is 0.0878. The number of carbonyl (C=O) groups excluding carboxylic acids is 3. The van der Waals surface area contributed by atoms with E-state index in [1.165, 1.54) is 0 Å². The second-order valence-corrected chi connectivity index (χ2v) is 6.62. The van der Waals surface area contributed by atoms with E-state index in [0.29, 0.717) is 37.4 Å². The van der Waals surface area contributed by atoms with E-state index in [4.69, 9.17) is 9.47 Å². The molecule has 30 heavy (non-hydrogen) atoms. The normalized spacial score (nSPS) is 13.2. The van der Waals surface area contributed by atoms with Crippen molar-refractivity contribution >= 4 is 29.1 Å². The van der Waals surface area contributed by atoms with E-state index in [1.54, 1.807) is 54.6 Å². The molecule has 0 bridgehead atoms. The number of ether oxygens (including phenoxy) is 2. The van der Waals surface area contributed by atoms with Crippen LogP contribution in [0.2, 0.25) is 0 Å². The molecule has 0 atom stereocenters. The van der Waals surface area contributed by atoms with E-state index in [0.717, 1.165) is 12.1 Å². The second-order valence-electron chi connectivity index (χ2n) is 6.62. The molecule has 0 radical (unpaired) electrons. The van der Waals surface area contributed by atoms with Crippen molar-refractivity contribution in [3.63, 3.8) is 0 Å². The summed E-state index contributed by atoms with van der Waals surface area (Å²) >= 11 is 0. The first-order valence-corrected chi connectivity index (χ1v) is 9.63. The van der Waals surface area contributed by atoms with Gasteiger partial charge >= 0.3 is 0 Å². The van der Waals surface area contributed by atoms with E-state index >= 15 is 0 Å². The molecule has 0 unspecified atom stereocenters. The highest BCUT2D eigenvalue weighted by molar-refractivity contribution is 6.00. The standard InChI is InChI=1S/C21H24N4O5/c1-29-12-13-30-21-17(4-2-10-22-21)24-18(26)14-23-20(28)15-6-8-16(9-7-15)25-11-3-5-19(25)27/h2,4,6-10H,3,5,11-14H2,1H3,(H,23,28)(H,24,26). The molecule has 1 aromatic heterocycles. The monoisotopic (exact) mass is 412 g/mol. The molecule has 158 valence electrons. The van der Waals surface area contributed by atoms with Crippen molar-refractivity contribution in [2.45, 2.75) is 12.8 Å². The van der Waals surface area contributed by atoms with Gasteiger partial charge in [0.15, 0.2) is 0 Å². The summed E-state index contributed by atoms with van der Waals surface area (Å²) in [7, 11) is 1.56. The topological polar surface area (TPSA) is 110 Å². The number of aromatic nitrogens is 1. The maximum absolute atomic E-state index is 12.3. The molecule has 2 aromatic rings. The number of carbonyl (C=O) groups is 3. The quantitative estimate of drug-likeness (QED) is 0.606. The Kier molecular flexibility index (Phi) is 7.34. The third kappa shape index (κ3) is 5.54. The van der Waals surface area contributed by atoms with Gasteiger partial charge in [0.25, 0.3) is 5.91 Å². The van der Waals surface area contributed by atoms with Crippen LogP contribution in [0.5, 0.6) is 5.88 Å². The molecule has 0 saturated carbocycles. The molecule has 9 heteroatoms. The van der Waals surface area contributed by atoms with Gasteiger partial charge in [-0.25, -0.2) is 4.98 Å². The molecule has 1 aromatic carbocycles. The molecule has 3 amide bonds. The number of nitrogens with zero attached hydrogens (tertiary/aromatic N) is 2. The number of hydrogen-bond acceptors (Lipinski definition) is 6. The fourth-order valence-corrected chi connectivity index (χ4v) is 2.99. The van der Waals surface area contributed by atoms with Crippen molar-refractivity contribution in [1.82, 2.24) is 10.3 Å². The van der Waals surface area contributed by atoms with Crippen LogP contribution in [-0.2, 0) is 14.3 Å². The molecule has 1 saturated heterocycles. The minimum atomic E-state index is -0.410. The maximum atomic E-state index is 12.3. The van der Waals surface area contributed by atoms with Crippen molar-refractivity contribution in [1.29, 1.82) is 0 Å². The Morgan fingerprint density at radius 3 is 2.67 bits per heavy atom. The van der Waals surface area contributed by atoms with Crippen molar-refractivity contribution < 1.29 is 23.9 Å². The summed E-state index contributed by atoms with van der Waals surface area (Å²) < 4.78 is 10.4. The molecule has 3 rings (SSSR count). The van der Waals surface area contributed by atoms with E-state index in [2.05, 4.69) is 15.6 Å². The first kappa shape index (κ1) is 21.3. The molecule has 1 aliphatic heterocycles. The highest BCUT2D eigenvalue weighted by atomic mass is 16.5. The largest absolute Gasteiger partial charge is 0.474 e. The number of pyridine rings is 1. The first-order valence-electron chi connectivity index (χ1n) is 9.63. The second kappa shape index (κ2) is 10.4. The average Bonchev–Trinajstić information content (AvgIpc) is 3.19. The number of nitrogens with one attached hydrogen (secondary N) is 2. The van der Waals surface area contributed by atoms with Gasteiger partial charge in [-0.3, -0.25) is 14.4 Å². The van der Waals surface area contributed by atoms with E-state index < -0.39 is 5.91 Å². The van der Waals surface area contributed by atoms with Crippen LogP contribution in [0, 0.1) is 0 Å². The number of rotatable bonds is 9. The van der Waals surface area contributed by atoms with E-state index in [9.17, 15) is 14.4 Å². The van der Waals surface area contributed by atoms with Crippen molar-refractivity contribution in [3.05, 3.63) is 48.2 Å². The Hall–Kier alpha value is -3.46. The highest BCUT2D eigenvalue weighted by Crippen LogP contribution is 2.22. The van der Waals surface area contributed by atoms with Gasteiger partial charge in [-0.05, 0) is 42.8 Å². The molecular weight excluding hydrogens is 388 g/mol. The molecule has 2 N–H and O–H groups in total. The van der Waals surface area contributed by atoms with Gasteiger partial charge in [0.05, 0.1) is 13.2 Å². The number of hydrogen-bond donors (Lipinski definition) is 2. The Bertz CT molecular complexity index is 901. The fraction of sp³-hybridized carbons (Fsp3) is 0.333. The third-order valence-corrected chi connectivity index (χ3v) is 4.50. The van der Waals surface area contributed by atoms with E-state index in [-0.39, 0.29) is 24.2 Å². The van der Waals surface area contributed by atoms with E-state index in [1.807, 2.05) is 0 Å². The van der Waals surface area contributed by atoms with Crippen molar-refractivity contribution in [2.24, 2.45) is 0 Å². The summed E-state index contributed by atoms with van der Waals surface area (Å²) in [5, 5.41) is 5.24.